The second kappa shape index (κ2) is 6.23. The van der Waals surface area contributed by atoms with E-state index in [1.807, 2.05) is 49.7 Å². The van der Waals surface area contributed by atoms with Crippen LogP contribution in [0.1, 0.15) is 37.6 Å². The molecular weight excluding hydrogens is 320 g/mol. The van der Waals surface area contributed by atoms with Gasteiger partial charge in [-0.15, -0.1) is 0 Å². The first-order valence-corrected chi connectivity index (χ1v) is 8.14. The number of rotatable bonds is 3. The molecular formula is C18H22N4O3. The van der Waals surface area contributed by atoms with Gasteiger partial charge in [0.2, 0.25) is 5.91 Å². The molecule has 2 aromatic rings. The maximum absolute atomic E-state index is 12.3. The van der Waals surface area contributed by atoms with E-state index in [1.165, 1.54) is 0 Å². The Labute approximate surface area is 146 Å². The Morgan fingerprint density at radius 1 is 1.20 bits per heavy atom. The van der Waals surface area contributed by atoms with Gasteiger partial charge >= 0.3 is 6.09 Å². The molecule has 0 atom stereocenters. The van der Waals surface area contributed by atoms with E-state index >= 15 is 0 Å². The first kappa shape index (κ1) is 17.0. The van der Waals surface area contributed by atoms with E-state index in [2.05, 4.69) is 5.10 Å². The van der Waals surface area contributed by atoms with E-state index in [1.54, 1.807) is 11.1 Å². The number of ether oxygens (including phenoxy) is 1. The highest BCUT2D eigenvalue weighted by Gasteiger charge is 2.30. The lowest BCUT2D eigenvalue weighted by molar-refractivity contribution is -0.117. The highest BCUT2D eigenvalue weighted by Crippen LogP contribution is 2.26. The Kier molecular flexibility index (Phi) is 4.24. The van der Waals surface area contributed by atoms with Gasteiger partial charge in [-0.25, -0.2) is 9.48 Å². The highest BCUT2D eigenvalue weighted by atomic mass is 16.6. The molecule has 25 heavy (non-hydrogen) atoms. The molecule has 3 rings (SSSR count). The molecule has 7 heteroatoms. The number of carbonyl (C=O) groups excluding carboxylic acids is 2. The maximum Gasteiger partial charge on any atom is 0.410 e. The van der Waals surface area contributed by atoms with Crippen molar-refractivity contribution in [3.8, 4) is 5.69 Å². The summed E-state index contributed by atoms with van der Waals surface area (Å²) in [4.78, 5) is 24.9. The van der Waals surface area contributed by atoms with Gasteiger partial charge in [-0.05, 0) is 38.5 Å². The average Bonchev–Trinajstić information content (AvgIpc) is 3.06. The molecule has 7 nitrogen and oxygen atoms in total. The summed E-state index contributed by atoms with van der Waals surface area (Å²) < 4.78 is 7.25. The Hall–Kier alpha value is -2.83. The molecule has 0 spiro atoms. The van der Waals surface area contributed by atoms with E-state index in [9.17, 15) is 9.59 Å². The molecule has 0 fully saturated rings. The molecule has 132 valence electrons. The number of benzene rings is 1. The van der Waals surface area contributed by atoms with Crippen molar-refractivity contribution in [1.29, 1.82) is 0 Å². The minimum atomic E-state index is -0.520. The maximum atomic E-state index is 12.3. The first-order valence-electron chi connectivity index (χ1n) is 8.14. The van der Waals surface area contributed by atoms with E-state index in [4.69, 9.17) is 10.5 Å². The Bertz CT molecular complexity index is 803. The van der Waals surface area contributed by atoms with Crippen LogP contribution in [0.15, 0.2) is 30.5 Å². The summed E-state index contributed by atoms with van der Waals surface area (Å²) in [6.07, 6.45) is 1.66. The van der Waals surface area contributed by atoms with Gasteiger partial charge < -0.3 is 10.5 Å². The number of fused-ring (bicyclic) bond motifs is 1. The van der Waals surface area contributed by atoms with E-state index < -0.39 is 5.60 Å². The second-order valence-electron chi connectivity index (χ2n) is 7.17. The largest absolute Gasteiger partial charge is 0.444 e. The number of nitrogens with zero attached hydrogens (tertiary/aromatic N) is 3. The first-order chi connectivity index (χ1) is 11.7. The summed E-state index contributed by atoms with van der Waals surface area (Å²) in [5.41, 5.74) is 8.40. The van der Waals surface area contributed by atoms with Crippen molar-refractivity contribution in [1.82, 2.24) is 14.7 Å². The normalized spacial score (nSPS) is 13.6. The molecule has 2 N–H and O–H groups in total. The monoisotopic (exact) mass is 342 g/mol. The Morgan fingerprint density at radius 2 is 1.88 bits per heavy atom. The summed E-state index contributed by atoms with van der Waals surface area (Å²) in [7, 11) is 0. The van der Waals surface area contributed by atoms with Crippen LogP contribution in [0.3, 0.4) is 0 Å². The molecule has 1 aromatic heterocycles. The summed E-state index contributed by atoms with van der Waals surface area (Å²) in [5.74, 6) is -0.360. The van der Waals surface area contributed by atoms with Gasteiger partial charge in [-0.1, -0.05) is 12.1 Å². The number of carbonyl (C=O) groups is 2. The third kappa shape index (κ3) is 3.81. The third-order valence-corrected chi connectivity index (χ3v) is 3.87. The van der Waals surface area contributed by atoms with Crippen LogP contribution in [0.5, 0.6) is 0 Å². The summed E-state index contributed by atoms with van der Waals surface area (Å²) in [5, 5.41) is 4.41. The lowest BCUT2D eigenvalue weighted by atomic mass is 10.1. The molecule has 2 heterocycles. The fraction of sp³-hybridized carbons (Fsp3) is 0.389. The lowest BCUT2D eigenvalue weighted by Crippen LogP contribution is -2.33. The van der Waals surface area contributed by atoms with Crippen molar-refractivity contribution in [2.24, 2.45) is 5.73 Å². The molecule has 0 unspecified atom stereocenters. The van der Waals surface area contributed by atoms with Crippen molar-refractivity contribution in [2.45, 2.75) is 45.9 Å². The van der Waals surface area contributed by atoms with Gasteiger partial charge in [0.05, 0.1) is 37.1 Å². The highest BCUT2D eigenvalue weighted by molar-refractivity contribution is 5.76. The lowest BCUT2D eigenvalue weighted by Gasteiger charge is -2.24. The minimum Gasteiger partial charge on any atom is -0.444 e. The predicted molar refractivity (Wildman–Crippen MR) is 91.9 cm³/mol. The third-order valence-electron chi connectivity index (χ3n) is 3.87. The fourth-order valence-electron chi connectivity index (χ4n) is 2.78. The SMILES string of the molecule is CC(C)(C)OC(=O)N1Cc2cnn(-c3ccc(CC(N)=O)cc3)c2C1. The molecule has 0 radical (unpaired) electrons. The van der Waals surface area contributed by atoms with Crippen LogP contribution in [0.4, 0.5) is 4.79 Å². The van der Waals surface area contributed by atoms with Gasteiger partial charge in [0.15, 0.2) is 0 Å². The molecule has 1 aromatic carbocycles. The molecule has 2 amide bonds. The number of primary amides is 1. The number of nitrogens with two attached hydrogens (primary N) is 1. The van der Waals surface area contributed by atoms with Crippen LogP contribution >= 0.6 is 0 Å². The zero-order valence-corrected chi connectivity index (χ0v) is 14.7. The van der Waals surface area contributed by atoms with Crippen molar-refractivity contribution >= 4 is 12.0 Å². The summed E-state index contributed by atoms with van der Waals surface area (Å²) >= 11 is 0. The van der Waals surface area contributed by atoms with Crippen molar-refractivity contribution in [3.05, 3.63) is 47.3 Å². The average molecular weight is 342 g/mol. The second-order valence-corrected chi connectivity index (χ2v) is 7.17. The molecule has 0 saturated carbocycles. The van der Waals surface area contributed by atoms with Crippen LogP contribution in [0.2, 0.25) is 0 Å². The quantitative estimate of drug-likeness (QED) is 0.925. The molecule has 0 aliphatic carbocycles. The van der Waals surface area contributed by atoms with Gasteiger partial charge in [0.1, 0.15) is 5.60 Å². The fourth-order valence-corrected chi connectivity index (χ4v) is 2.78. The molecule has 0 bridgehead atoms. The van der Waals surface area contributed by atoms with Crippen LogP contribution < -0.4 is 5.73 Å². The van der Waals surface area contributed by atoms with Crippen LogP contribution in [0, 0.1) is 0 Å². The summed E-state index contributed by atoms with van der Waals surface area (Å²) in [6, 6.07) is 7.49. The van der Waals surface area contributed by atoms with Crippen LogP contribution in [-0.2, 0) is 29.0 Å². The van der Waals surface area contributed by atoms with Crippen molar-refractivity contribution in [3.63, 3.8) is 0 Å². The number of aromatic nitrogens is 2. The number of hydrogen-bond acceptors (Lipinski definition) is 4. The van der Waals surface area contributed by atoms with E-state index in [0.29, 0.717) is 13.1 Å². The minimum absolute atomic E-state index is 0.212. The zero-order chi connectivity index (χ0) is 18.2. The number of hydrogen-bond donors (Lipinski definition) is 1. The van der Waals surface area contributed by atoms with Crippen LogP contribution in [-0.4, -0.2) is 32.3 Å². The summed E-state index contributed by atoms with van der Waals surface area (Å²) in [6.45, 7) is 6.49. The Morgan fingerprint density at radius 3 is 2.48 bits per heavy atom. The van der Waals surface area contributed by atoms with Gasteiger partial charge in [-0.2, -0.15) is 5.10 Å². The zero-order valence-electron chi connectivity index (χ0n) is 14.7. The van der Waals surface area contributed by atoms with Crippen LogP contribution in [0.25, 0.3) is 5.69 Å². The molecule has 1 aliphatic rings. The van der Waals surface area contributed by atoms with Crippen molar-refractivity contribution < 1.29 is 14.3 Å². The van der Waals surface area contributed by atoms with Crippen molar-refractivity contribution in [2.75, 3.05) is 0 Å². The molecule has 1 aliphatic heterocycles. The van der Waals surface area contributed by atoms with E-state index in [0.717, 1.165) is 22.5 Å². The number of amides is 2. The van der Waals surface area contributed by atoms with Gasteiger partial charge in [0.25, 0.3) is 0 Å². The van der Waals surface area contributed by atoms with Gasteiger partial charge in [0, 0.05) is 5.56 Å². The smallest absolute Gasteiger partial charge is 0.410 e. The predicted octanol–water partition coefficient (Wildman–Crippen LogP) is 2.15. The topological polar surface area (TPSA) is 90.4 Å². The standard InChI is InChI=1S/C18H22N4O3/c1-18(2,3)25-17(24)21-10-13-9-20-22(15(13)11-21)14-6-4-12(5-7-14)8-16(19)23/h4-7,9H,8,10-11H2,1-3H3,(H2,19,23). The van der Waals surface area contributed by atoms with Gasteiger partial charge in [-0.3, -0.25) is 9.69 Å². The Balaban J connectivity index is 1.76. The molecule has 0 saturated heterocycles. The van der Waals surface area contributed by atoms with E-state index in [-0.39, 0.29) is 18.4 Å².